The average molecular weight is 437 g/mol. The van der Waals surface area contributed by atoms with Gasteiger partial charge < -0.3 is 19.7 Å². The summed E-state index contributed by atoms with van der Waals surface area (Å²) in [5.74, 6) is -1.90. The molecule has 3 saturated carbocycles. The van der Waals surface area contributed by atoms with Crippen LogP contribution in [0.15, 0.2) is 11.6 Å². The Balaban J connectivity index is 1.61. The first-order valence-electron chi connectivity index (χ1n) is 11.5. The number of carbonyl (C=O) groups is 2. The van der Waals surface area contributed by atoms with Crippen molar-refractivity contribution in [2.45, 2.75) is 89.6 Å². The molecule has 7 heteroatoms. The molecule has 4 aliphatic carbocycles. The molecule has 1 aliphatic heterocycles. The second-order valence-electron chi connectivity index (χ2n) is 11.3. The number of aliphatic hydroxyl groups excluding tert-OH is 2. The van der Waals surface area contributed by atoms with Crippen molar-refractivity contribution in [3.63, 3.8) is 0 Å². The van der Waals surface area contributed by atoms with E-state index in [4.69, 9.17) is 9.47 Å². The van der Waals surface area contributed by atoms with Crippen LogP contribution >= 0.6 is 0 Å². The molecular formula is C24H33FO6. The first-order chi connectivity index (χ1) is 14.4. The number of alkyl halides is 1. The summed E-state index contributed by atoms with van der Waals surface area (Å²) in [5.41, 5.74) is -2.19. The topological polar surface area (TPSA) is 93.1 Å². The molecule has 4 fully saturated rings. The maximum atomic E-state index is 15.5. The summed E-state index contributed by atoms with van der Waals surface area (Å²) in [6.45, 7) is 6.78. The fourth-order valence-corrected chi connectivity index (χ4v) is 8.41. The van der Waals surface area contributed by atoms with Crippen molar-refractivity contribution in [1.29, 1.82) is 0 Å². The summed E-state index contributed by atoms with van der Waals surface area (Å²) in [6.07, 6.45) is 0.872. The van der Waals surface area contributed by atoms with Gasteiger partial charge in [-0.05, 0) is 74.3 Å². The van der Waals surface area contributed by atoms with Crippen LogP contribution in [0.1, 0.15) is 59.8 Å². The first-order valence-corrected chi connectivity index (χ1v) is 11.5. The summed E-state index contributed by atoms with van der Waals surface area (Å²) in [4.78, 5) is 25.2. The van der Waals surface area contributed by atoms with Gasteiger partial charge in [0.2, 0.25) is 0 Å². The molecule has 9 atom stereocenters. The van der Waals surface area contributed by atoms with E-state index < -0.39 is 53.0 Å². The third kappa shape index (κ3) is 2.58. The molecule has 31 heavy (non-hydrogen) atoms. The molecule has 1 heterocycles. The van der Waals surface area contributed by atoms with Crippen molar-refractivity contribution in [3.05, 3.63) is 11.6 Å². The Kier molecular flexibility index (Phi) is 4.52. The number of aliphatic hydroxyl groups is 2. The summed E-state index contributed by atoms with van der Waals surface area (Å²) < 4.78 is 27.9. The molecule has 0 aromatic carbocycles. The molecule has 172 valence electrons. The molecule has 1 unspecified atom stereocenters. The van der Waals surface area contributed by atoms with E-state index in [-0.39, 0.29) is 30.0 Å². The number of carbonyl (C=O) groups excluding carboxylic acids is 2. The Labute approximate surface area is 182 Å². The van der Waals surface area contributed by atoms with E-state index in [1.165, 1.54) is 6.08 Å². The van der Waals surface area contributed by atoms with Gasteiger partial charge in [-0.3, -0.25) is 9.59 Å². The quantitative estimate of drug-likeness (QED) is 0.691. The molecule has 5 aliphatic rings. The normalized spacial score (nSPS) is 52.6. The van der Waals surface area contributed by atoms with Crippen LogP contribution in [0.25, 0.3) is 0 Å². The molecule has 5 rings (SSSR count). The smallest absolute Gasteiger partial charge is 0.193 e. The minimum absolute atomic E-state index is 0.0457. The number of hydrogen-bond donors (Lipinski definition) is 2. The second-order valence-corrected chi connectivity index (χ2v) is 11.3. The van der Waals surface area contributed by atoms with E-state index in [0.717, 1.165) is 0 Å². The van der Waals surface area contributed by atoms with Gasteiger partial charge in [-0.25, -0.2) is 4.39 Å². The molecular weight excluding hydrogens is 403 g/mol. The number of fused-ring (bicyclic) bond motifs is 7. The minimum atomic E-state index is -1.35. The molecule has 0 amide bonds. The van der Waals surface area contributed by atoms with Crippen LogP contribution in [0.2, 0.25) is 0 Å². The highest BCUT2D eigenvalue weighted by Gasteiger charge is 2.77. The third-order valence-electron chi connectivity index (χ3n) is 9.42. The molecule has 2 N–H and O–H groups in total. The standard InChI is InChI=1S/C24H33FO6/c1-21(2)30-19-9-14-13-8-16(25)15-7-12(27)5-6-22(15,3)20(13)17(28)10-23(14,4)24(19,31-21)18(29)11-26/h7,13-14,16-17,19-20,26,28H,5-6,8-11H2,1-4H3/t13-,14-,16-,17-,19+,20?,22-,23-,24+/m0/s1. The van der Waals surface area contributed by atoms with E-state index in [1.54, 1.807) is 13.8 Å². The highest BCUT2D eigenvalue weighted by Crippen LogP contribution is 2.70. The van der Waals surface area contributed by atoms with Gasteiger partial charge >= 0.3 is 0 Å². The van der Waals surface area contributed by atoms with Crippen LogP contribution in [0.4, 0.5) is 4.39 Å². The Morgan fingerprint density at radius 3 is 2.65 bits per heavy atom. The van der Waals surface area contributed by atoms with Gasteiger partial charge in [-0.1, -0.05) is 13.8 Å². The Morgan fingerprint density at radius 2 is 1.97 bits per heavy atom. The van der Waals surface area contributed by atoms with Gasteiger partial charge in [-0.15, -0.1) is 0 Å². The lowest BCUT2D eigenvalue weighted by Crippen LogP contribution is -2.64. The Hall–Kier alpha value is -1.15. The lowest BCUT2D eigenvalue weighted by atomic mass is 9.45. The number of ether oxygens (including phenoxy) is 2. The summed E-state index contributed by atoms with van der Waals surface area (Å²) in [5, 5.41) is 21.3. The fraction of sp³-hybridized carbons (Fsp3) is 0.833. The van der Waals surface area contributed by atoms with Crippen LogP contribution in [0.5, 0.6) is 0 Å². The van der Waals surface area contributed by atoms with Gasteiger partial charge in [0.05, 0.1) is 12.2 Å². The number of hydrogen-bond acceptors (Lipinski definition) is 6. The molecule has 0 spiro atoms. The van der Waals surface area contributed by atoms with Crippen LogP contribution < -0.4 is 0 Å². The zero-order chi connectivity index (χ0) is 22.6. The van der Waals surface area contributed by atoms with E-state index in [0.29, 0.717) is 31.3 Å². The minimum Gasteiger partial charge on any atom is -0.393 e. The summed E-state index contributed by atoms with van der Waals surface area (Å²) in [6, 6.07) is 0. The molecule has 0 bridgehead atoms. The van der Waals surface area contributed by atoms with Gasteiger partial charge in [0.1, 0.15) is 12.8 Å². The van der Waals surface area contributed by atoms with Crippen LogP contribution in [-0.4, -0.2) is 58.2 Å². The van der Waals surface area contributed by atoms with Crippen LogP contribution in [0, 0.1) is 28.6 Å². The number of halogens is 1. The Morgan fingerprint density at radius 1 is 1.26 bits per heavy atom. The Bertz CT molecular complexity index is 868. The number of rotatable bonds is 2. The van der Waals surface area contributed by atoms with Gasteiger partial charge in [-0.2, -0.15) is 0 Å². The number of Topliss-reactive ketones (excluding diaryl/α,β-unsaturated/α-hetero) is 1. The lowest BCUT2D eigenvalue weighted by Gasteiger charge is -2.61. The monoisotopic (exact) mass is 436 g/mol. The van der Waals surface area contributed by atoms with Gasteiger partial charge in [0, 0.05) is 11.8 Å². The van der Waals surface area contributed by atoms with Crippen molar-refractivity contribution in [1.82, 2.24) is 0 Å². The van der Waals surface area contributed by atoms with E-state index >= 15 is 4.39 Å². The highest BCUT2D eigenvalue weighted by molar-refractivity contribution is 5.92. The number of ketones is 2. The third-order valence-corrected chi connectivity index (χ3v) is 9.42. The first kappa shape index (κ1) is 21.7. The van der Waals surface area contributed by atoms with E-state index in [9.17, 15) is 19.8 Å². The van der Waals surface area contributed by atoms with Crippen LogP contribution in [0.3, 0.4) is 0 Å². The highest BCUT2D eigenvalue weighted by atomic mass is 19.1. The summed E-state index contributed by atoms with van der Waals surface area (Å²) in [7, 11) is 0. The second kappa shape index (κ2) is 6.46. The van der Waals surface area contributed by atoms with Crippen molar-refractivity contribution >= 4 is 11.6 Å². The zero-order valence-electron chi connectivity index (χ0n) is 18.7. The van der Waals surface area contributed by atoms with Crippen molar-refractivity contribution in [2.75, 3.05) is 6.61 Å². The largest absolute Gasteiger partial charge is 0.393 e. The van der Waals surface area contributed by atoms with Gasteiger partial charge in [0.15, 0.2) is 23.0 Å². The average Bonchev–Trinajstić information content (AvgIpc) is 3.08. The maximum absolute atomic E-state index is 15.5. The molecule has 1 saturated heterocycles. The van der Waals surface area contributed by atoms with Crippen molar-refractivity contribution in [2.24, 2.45) is 28.6 Å². The lowest BCUT2D eigenvalue weighted by molar-refractivity contribution is -0.228. The fourth-order valence-electron chi connectivity index (χ4n) is 8.41. The summed E-state index contributed by atoms with van der Waals surface area (Å²) >= 11 is 0. The van der Waals surface area contributed by atoms with Crippen LogP contribution in [-0.2, 0) is 19.1 Å². The predicted octanol–water partition coefficient (Wildman–Crippen LogP) is 2.50. The molecule has 0 radical (unpaired) electrons. The zero-order valence-corrected chi connectivity index (χ0v) is 18.7. The van der Waals surface area contributed by atoms with Crippen molar-refractivity contribution in [3.8, 4) is 0 Å². The van der Waals surface area contributed by atoms with Crippen molar-refractivity contribution < 1.29 is 33.7 Å². The van der Waals surface area contributed by atoms with Gasteiger partial charge in [0.25, 0.3) is 0 Å². The van der Waals surface area contributed by atoms with E-state index in [1.807, 2.05) is 13.8 Å². The SMILES string of the molecule is CC1(C)O[C@@H]2C[C@H]3[C@@H]4C[C@H](F)C5=CC(=O)CC[C@]5(C)C4[C@@H](O)C[C@]3(C)[C@]2(C(=O)CO)O1. The molecule has 0 aromatic rings. The number of allylic oxidation sites excluding steroid dienone is 1. The maximum Gasteiger partial charge on any atom is 0.193 e. The molecule has 6 nitrogen and oxygen atoms in total. The van der Waals surface area contributed by atoms with E-state index in [2.05, 4.69) is 0 Å². The predicted molar refractivity (Wildman–Crippen MR) is 109 cm³/mol. The molecule has 0 aromatic heterocycles.